The van der Waals surface area contributed by atoms with Crippen molar-refractivity contribution in [2.75, 3.05) is 24.5 Å². The molecule has 0 bridgehead atoms. The zero-order valence-corrected chi connectivity index (χ0v) is 13.0. The van der Waals surface area contributed by atoms with E-state index in [4.69, 9.17) is 4.74 Å². The molecule has 1 aromatic carbocycles. The Morgan fingerprint density at radius 2 is 2.05 bits per heavy atom. The van der Waals surface area contributed by atoms with Crippen LogP contribution in [-0.4, -0.2) is 43.6 Å². The lowest BCUT2D eigenvalue weighted by molar-refractivity contribution is 0.156. The minimum absolute atomic E-state index is 0.149. The van der Waals surface area contributed by atoms with Gasteiger partial charge >= 0.3 is 10.2 Å². The molecule has 21 heavy (non-hydrogen) atoms. The first-order valence-electron chi connectivity index (χ1n) is 7.20. The van der Waals surface area contributed by atoms with E-state index >= 15 is 0 Å². The van der Waals surface area contributed by atoms with Crippen LogP contribution in [0.3, 0.4) is 0 Å². The highest BCUT2D eigenvalue weighted by Crippen LogP contribution is 2.23. The summed E-state index contributed by atoms with van der Waals surface area (Å²) in [6.07, 6.45) is 2.46. The van der Waals surface area contributed by atoms with Crippen LogP contribution < -0.4 is 9.46 Å². The summed E-state index contributed by atoms with van der Waals surface area (Å²) in [5.74, 6) is 0.701. The maximum atomic E-state index is 12.4. The van der Waals surface area contributed by atoms with Crippen molar-refractivity contribution in [3.63, 3.8) is 0 Å². The molecule has 1 heterocycles. The zero-order valence-electron chi connectivity index (χ0n) is 12.2. The van der Waals surface area contributed by atoms with Crippen molar-refractivity contribution >= 4 is 15.9 Å². The Kier molecular flexibility index (Phi) is 5.44. The number of anilines is 1. The second kappa shape index (κ2) is 7.11. The van der Waals surface area contributed by atoms with Crippen molar-refractivity contribution in [1.82, 2.24) is 4.31 Å². The van der Waals surface area contributed by atoms with E-state index < -0.39 is 10.2 Å². The number of rotatable bonds is 6. The summed E-state index contributed by atoms with van der Waals surface area (Å²) in [6, 6.07) is 6.45. The molecule has 118 valence electrons. The molecule has 1 aliphatic heterocycles. The summed E-state index contributed by atoms with van der Waals surface area (Å²) in [4.78, 5) is 0. The monoisotopic (exact) mass is 314 g/mol. The summed E-state index contributed by atoms with van der Waals surface area (Å²) in [7, 11) is -3.64. The standard InChI is InChI=1S/C14H22N2O4S/c1-2-20-14-8-6-12(7-9-14)15-21(18,19)16-10-4-3-5-13(16)11-17/h6-9,13,15,17H,2-5,10-11H2,1H3. The number of nitrogens with zero attached hydrogens (tertiary/aromatic N) is 1. The van der Waals surface area contributed by atoms with Crippen molar-refractivity contribution in [3.05, 3.63) is 24.3 Å². The van der Waals surface area contributed by atoms with Gasteiger partial charge in [-0.2, -0.15) is 12.7 Å². The largest absolute Gasteiger partial charge is 0.494 e. The molecule has 1 saturated heterocycles. The van der Waals surface area contributed by atoms with E-state index in [0.29, 0.717) is 31.0 Å². The van der Waals surface area contributed by atoms with Gasteiger partial charge in [-0.15, -0.1) is 0 Å². The number of piperidine rings is 1. The van der Waals surface area contributed by atoms with Gasteiger partial charge in [0.2, 0.25) is 0 Å². The summed E-state index contributed by atoms with van der Waals surface area (Å²) >= 11 is 0. The Hall–Kier alpha value is -1.31. The molecule has 1 atom stereocenters. The van der Waals surface area contributed by atoms with Gasteiger partial charge in [-0.1, -0.05) is 6.42 Å². The Bertz CT molecular complexity index is 545. The fraction of sp³-hybridized carbons (Fsp3) is 0.571. The molecule has 0 spiro atoms. The van der Waals surface area contributed by atoms with Crippen LogP contribution in [0.4, 0.5) is 5.69 Å². The predicted molar refractivity (Wildman–Crippen MR) is 81.6 cm³/mol. The van der Waals surface area contributed by atoms with E-state index in [0.717, 1.165) is 12.8 Å². The highest BCUT2D eigenvalue weighted by molar-refractivity contribution is 7.90. The molecule has 7 heteroatoms. The van der Waals surface area contributed by atoms with E-state index in [2.05, 4.69) is 4.72 Å². The number of hydrogen-bond donors (Lipinski definition) is 2. The average molecular weight is 314 g/mol. The Balaban J connectivity index is 2.09. The molecule has 1 aromatic rings. The number of aliphatic hydroxyl groups excluding tert-OH is 1. The molecule has 0 radical (unpaired) electrons. The van der Waals surface area contributed by atoms with Gasteiger partial charge in [0.25, 0.3) is 0 Å². The van der Waals surface area contributed by atoms with Gasteiger partial charge in [0.05, 0.1) is 18.9 Å². The fourth-order valence-electron chi connectivity index (χ4n) is 2.47. The van der Waals surface area contributed by atoms with Crippen LogP contribution in [0.25, 0.3) is 0 Å². The van der Waals surface area contributed by atoms with Crippen molar-refractivity contribution < 1.29 is 18.3 Å². The maximum Gasteiger partial charge on any atom is 0.301 e. The Morgan fingerprint density at radius 1 is 1.33 bits per heavy atom. The average Bonchev–Trinajstić information content (AvgIpc) is 2.49. The zero-order chi connectivity index (χ0) is 15.3. The molecule has 0 saturated carbocycles. The topological polar surface area (TPSA) is 78.9 Å². The van der Waals surface area contributed by atoms with Crippen molar-refractivity contribution in [2.45, 2.75) is 32.2 Å². The van der Waals surface area contributed by atoms with Crippen LogP contribution >= 0.6 is 0 Å². The molecule has 0 amide bonds. The fourth-order valence-corrected chi connectivity index (χ4v) is 3.95. The minimum atomic E-state index is -3.64. The van der Waals surface area contributed by atoms with Crippen LogP contribution in [0.15, 0.2) is 24.3 Å². The van der Waals surface area contributed by atoms with Gasteiger partial charge in [-0.3, -0.25) is 4.72 Å². The quantitative estimate of drug-likeness (QED) is 0.836. The number of benzene rings is 1. The molecule has 2 rings (SSSR count). The van der Waals surface area contributed by atoms with Crippen LogP contribution in [0.2, 0.25) is 0 Å². The van der Waals surface area contributed by atoms with Crippen LogP contribution in [0.5, 0.6) is 5.75 Å². The van der Waals surface area contributed by atoms with Crippen molar-refractivity contribution in [1.29, 1.82) is 0 Å². The lowest BCUT2D eigenvalue weighted by Gasteiger charge is -2.33. The number of ether oxygens (including phenoxy) is 1. The highest BCUT2D eigenvalue weighted by Gasteiger charge is 2.31. The van der Waals surface area contributed by atoms with E-state index in [1.165, 1.54) is 4.31 Å². The summed E-state index contributed by atoms with van der Waals surface area (Å²) in [5.41, 5.74) is 0.487. The molecule has 1 unspecified atom stereocenters. The van der Waals surface area contributed by atoms with E-state index in [-0.39, 0.29) is 12.6 Å². The van der Waals surface area contributed by atoms with Crippen molar-refractivity contribution in [3.8, 4) is 5.75 Å². The molecule has 1 fully saturated rings. The van der Waals surface area contributed by atoms with Gasteiger partial charge in [-0.05, 0) is 44.0 Å². The van der Waals surface area contributed by atoms with E-state index in [1.807, 2.05) is 6.92 Å². The normalized spacial score (nSPS) is 20.2. The lowest BCUT2D eigenvalue weighted by Crippen LogP contribution is -2.47. The van der Waals surface area contributed by atoms with Crippen LogP contribution in [-0.2, 0) is 10.2 Å². The predicted octanol–water partition coefficient (Wildman–Crippen LogP) is 1.59. The molecule has 0 aliphatic carbocycles. The van der Waals surface area contributed by atoms with Gasteiger partial charge in [0.15, 0.2) is 0 Å². The van der Waals surface area contributed by atoms with Gasteiger partial charge in [0.1, 0.15) is 5.75 Å². The van der Waals surface area contributed by atoms with E-state index in [9.17, 15) is 13.5 Å². The molecule has 6 nitrogen and oxygen atoms in total. The first kappa shape index (κ1) is 16.1. The second-order valence-corrected chi connectivity index (χ2v) is 6.63. The third-order valence-corrected chi connectivity index (χ3v) is 5.10. The third kappa shape index (κ3) is 4.09. The number of aliphatic hydroxyl groups is 1. The molecular weight excluding hydrogens is 292 g/mol. The highest BCUT2D eigenvalue weighted by atomic mass is 32.2. The Labute approximate surface area is 125 Å². The molecule has 0 aromatic heterocycles. The summed E-state index contributed by atoms with van der Waals surface area (Å²) in [6.45, 7) is 2.75. The number of hydrogen-bond acceptors (Lipinski definition) is 4. The first-order valence-corrected chi connectivity index (χ1v) is 8.64. The van der Waals surface area contributed by atoms with Gasteiger partial charge in [-0.25, -0.2) is 0 Å². The third-order valence-electron chi connectivity index (χ3n) is 3.50. The van der Waals surface area contributed by atoms with Crippen LogP contribution in [0, 0.1) is 0 Å². The second-order valence-electron chi connectivity index (χ2n) is 5.01. The molecule has 2 N–H and O–H groups in total. The Morgan fingerprint density at radius 3 is 2.67 bits per heavy atom. The number of nitrogens with one attached hydrogen (secondary N) is 1. The van der Waals surface area contributed by atoms with Crippen molar-refractivity contribution in [2.24, 2.45) is 0 Å². The summed E-state index contributed by atoms with van der Waals surface area (Å²) < 4.78 is 34.0. The minimum Gasteiger partial charge on any atom is -0.494 e. The van der Waals surface area contributed by atoms with E-state index in [1.54, 1.807) is 24.3 Å². The maximum absolute atomic E-state index is 12.4. The SMILES string of the molecule is CCOc1ccc(NS(=O)(=O)N2CCCCC2CO)cc1. The van der Waals surface area contributed by atoms with Gasteiger partial charge in [0, 0.05) is 12.6 Å². The molecular formula is C14H22N2O4S. The smallest absolute Gasteiger partial charge is 0.301 e. The van der Waals surface area contributed by atoms with Gasteiger partial charge < -0.3 is 9.84 Å². The first-order chi connectivity index (χ1) is 10.1. The lowest BCUT2D eigenvalue weighted by atomic mass is 10.1. The summed E-state index contributed by atoms with van der Waals surface area (Å²) in [5, 5.41) is 9.34. The molecule has 1 aliphatic rings. The van der Waals surface area contributed by atoms with Crippen LogP contribution in [0.1, 0.15) is 26.2 Å².